The van der Waals surface area contributed by atoms with Crippen molar-refractivity contribution in [2.75, 3.05) is 0 Å². The molecule has 2 rings (SSSR count). The Morgan fingerprint density at radius 3 is 2.44 bits per heavy atom. The van der Waals surface area contributed by atoms with Gasteiger partial charge in [0.05, 0.1) is 5.41 Å². The molecule has 1 aliphatic rings. The van der Waals surface area contributed by atoms with Gasteiger partial charge in [-0.05, 0) is 31.4 Å². The second-order valence-electron chi connectivity index (χ2n) is 4.03. The number of halogens is 3. The Morgan fingerprint density at radius 2 is 2.06 bits per heavy atom. The first-order valence-electron chi connectivity index (χ1n) is 4.73. The molecule has 0 unspecified atom stereocenters. The third-order valence-electron chi connectivity index (χ3n) is 2.76. The Labute approximate surface area is 93.7 Å². The fourth-order valence-electron chi connectivity index (χ4n) is 1.58. The van der Waals surface area contributed by atoms with Crippen LogP contribution in [0.2, 0.25) is 0 Å². The molecule has 0 amide bonds. The van der Waals surface area contributed by atoms with Gasteiger partial charge in [-0.25, -0.2) is 0 Å². The summed E-state index contributed by atoms with van der Waals surface area (Å²) in [6, 6.07) is 2.38. The third-order valence-corrected chi connectivity index (χ3v) is 3.89. The smallest absolute Gasteiger partial charge is 0.425 e. The van der Waals surface area contributed by atoms with Crippen LogP contribution in [0.15, 0.2) is 12.1 Å². The maximum Gasteiger partial charge on any atom is 0.425 e. The third kappa shape index (κ3) is 2.07. The Morgan fingerprint density at radius 1 is 1.44 bits per heavy atom. The van der Waals surface area contributed by atoms with Crippen molar-refractivity contribution in [2.24, 2.45) is 5.41 Å². The monoisotopic (exact) mass is 250 g/mol. The Bertz CT molecular complexity index is 418. The Hall–Kier alpha value is -1.04. The van der Waals surface area contributed by atoms with E-state index in [4.69, 9.17) is 5.11 Å². The molecule has 0 radical (unpaired) electrons. The molecule has 0 atom stereocenters. The van der Waals surface area contributed by atoms with Crippen molar-refractivity contribution in [3.8, 4) is 0 Å². The summed E-state index contributed by atoms with van der Waals surface area (Å²) in [7, 11) is 0. The van der Waals surface area contributed by atoms with E-state index in [1.165, 1.54) is 6.07 Å². The Kier molecular flexibility index (Phi) is 2.49. The average molecular weight is 250 g/mol. The highest BCUT2D eigenvalue weighted by molar-refractivity contribution is 7.12. The normalized spacial score (nSPS) is 18.4. The highest BCUT2D eigenvalue weighted by Crippen LogP contribution is 2.50. The maximum absolute atomic E-state index is 12.3. The van der Waals surface area contributed by atoms with Gasteiger partial charge in [0, 0.05) is 4.88 Å². The lowest BCUT2D eigenvalue weighted by Gasteiger charge is -2.07. The molecule has 0 spiro atoms. The predicted molar refractivity (Wildman–Crippen MR) is 52.3 cm³/mol. The molecule has 0 aromatic carbocycles. The van der Waals surface area contributed by atoms with Crippen LogP contribution in [0, 0.1) is 5.41 Å². The number of aliphatic carboxylic acids is 1. The van der Waals surface area contributed by atoms with Crippen LogP contribution in [0.1, 0.15) is 22.6 Å². The lowest BCUT2D eigenvalue weighted by molar-refractivity contribution is -0.143. The number of hydrogen-bond acceptors (Lipinski definition) is 2. The van der Waals surface area contributed by atoms with Gasteiger partial charge >= 0.3 is 12.1 Å². The molecule has 0 aliphatic heterocycles. The summed E-state index contributed by atoms with van der Waals surface area (Å²) in [5.74, 6) is -0.908. The van der Waals surface area contributed by atoms with Crippen LogP contribution in [0.5, 0.6) is 0 Å². The van der Waals surface area contributed by atoms with Gasteiger partial charge in [-0.3, -0.25) is 4.79 Å². The standard InChI is InChI=1S/C10H9F3O2S/c11-10(12,13)7-2-1-6(16-7)5-9(3-4-9)8(14)15/h1-2H,3-5H2,(H,14,15). The number of thiophene rings is 1. The van der Waals surface area contributed by atoms with Gasteiger partial charge in [-0.1, -0.05) is 0 Å². The summed E-state index contributed by atoms with van der Waals surface area (Å²) in [5, 5.41) is 8.91. The Balaban J connectivity index is 2.12. The van der Waals surface area contributed by atoms with Gasteiger partial charge in [-0.2, -0.15) is 13.2 Å². The average Bonchev–Trinajstić information content (AvgIpc) is 2.74. The van der Waals surface area contributed by atoms with Gasteiger partial charge in [0.15, 0.2) is 0 Å². The summed E-state index contributed by atoms with van der Waals surface area (Å²) < 4.78 is 36.9. The molecule has 1 saturated carbocycles. The second-order valence-corrected chi connectivity index (χ2v) is 5.19. The first-order valence-corrected chi connectivity index (χ1v) is 5.54. The predicted octanol–water partition coefficient (Wildman–Crippen LogP) is 3.17. The summed E-state index contributed by atoms with van der Waals surface area (Å²) in [4.78, 5) is 10.7. The van der Waals surface area contributed by atoms with E-state index in [0.29, 0.717) is 29.1 Å². The van der Waals surface area contributed by atoms with Gasteiger partial charge in [0.25, 0.3) is 0 Å². The number of alkyl halides is 3. The molecule has 1 aliphatic carbocycles. The van der Waals surface area contributed by atoms with Crippen molar-refractivity contribution in [1.82, 2.24) is 0 Å². The zero-order valence-electron chi connectivity index (χ0n) is 8.17. The van der Waals surface area contributed by atoms with E-state index in [2.05, 4.69) is 0 Å². The molecule has 1 fully saturated rings. The van der Waals surface area contributed by atoms with Gasteiger partial charge in [-0.15, -0.1) is 11.3 Å². The van der Waals surface area contributed by atoms with Crippen LogP contribution in [-0.4, -0.2) is 11.1 Å². The number of carbonyl (C=O) groups is 1. The fraction of sp³-hybridized carbons (Fsp3) is 0.500. The van der Waals surface area contributed by atoms with E-state index >= 15 is 0 Å². The van der Waals surface area contributed by atoms with Gasteiger partial charge in [0.1, 0.15) is 4.88 Å². The van der Waals surface area contributed by atoms with E-state index in [1.54, 1.807) is 0 Å². The first-order chi connectivity index (χ1) is 7.33. The zero-order valence-corrected chi connectivity index (χ0v) is 8.99. The lowest BCUT2D eigenvalue weighted by atomic mass is 10.0. The van der Waals surface area contributed by atoms with Crippen molar-refractivity contribution < 1.29 is 23.1 Å². The second kappa shape index (κ2) is 3.48. The van der Waals surface area contributed by atoms with Crippen molar-refractivity contribution >= 4 is 17.3 Å². The number of rotatable bonds is 3. The van der Waals surface area contributed by atoms with Crippen molar-refractivity contribution in [1.29, 1.82) is 0 Å². The molecule has 1 N–H and O–H groups in total. The molecule has 16 heavy (non-hydrogen) atoms. The zero-order chi connectivity index (χ0) is 12.0. The van der Waals surface area contributed by atoms with Gasteiger partial charge in [0.2, 0.25) is 0 Å². The molecule has 1 aromatic heterocycles. The van der Waals surface area contributed by atoms with Crippen LogP contribution in [0.3, 0.4) is 0 Å². The van der Waals surface area contributed by atoms with Crippen LogP contribution < -0.4 is 0 Å². The summed E-state index contributed by atoms with van der Waals surface area (Å²) in [6.45, 7) is 0. The SMILES string of the molecule is O=C(O)C1(Cc2ccc(C(F)(F)F)s2)CC1. The van der Waals surface area contributed by atoms with Crippen LogP contribution >= 0.6 is 11.3 Å². The molecule has 88 valence electrons. The van der Waals surface area contributed by atoms with Crippen LogP contribution in [-0.2, 0) is 17.4 Å². The number of carboxylic acids is 1. The summed E-state index contributed by atoms with van der Waals surface area (Å²) in [6.07, 6.45) is -3.00. The van der Waals surface area contributed by atoms with E-state index in [0.717, 1.165) is 6.07 Å². The van der Waals surface area contributed by atoms with E-state index < -0.39 is 22.4 Å². The lowest BCUT2D eigenvalue weighted by Crippen LogP contribution is -2.16. The quantitative estimate of drug-likeness (QED) is 0.894. The summed E-state index contributed by atoms with van der Waals surface area (Å²) in [5.41, 5.74) is -0.798. The first kappa shape index (κ1) is 11.4. The number of hydrogen-bond donors (Lipinski definition) is 1. The van der Waals surface area contributed by atoms with E-state index in [1.807, 2.05) is 0 Å². The highest BCUT2D eigenvalue weighted by atomic mass is 32.1. The van der Waals surface area contributed by atoms with Crippen molar-refractivity contribution in [3.63, 3.8) is 0 Å². The minimum Gasteiger partial charge on any atom is -0.481 e. The minimum absolute atomic E-state index is 0.211. The van der Waals surface area contributed by atoms with Crippen molar-refractivity contribution in [2.45, 2.75) is 25.4 Å². The molecule has 1 heterocycles. The molecular weight excluding hydrogens is 241 g/mol. The molecule has 6 heteroatoms. The molecule has 0 bridgehead atoms. The maximum atomic E-state index is 12.3. The van der Waals surface area contributed by atoms with Crippen LogP contribution in [0.4, 0.5) is 13.2 Å². The molecule has 1 aromatic rings. The van der Waals surface area contributed by atoms with E-state index in [9.17, 15) is 18.0 Å². The topological polar surface area (TPSA) is 37.3 Å². The van der Waals surface area contributed by atoms with Gasteiger partial charge < -0.3 is 5.11 Å². The van der Waals surface area contributed by atoms with Crippen molar-refractivity contribution in [3.05, 3.63) is 21.9 Å². The van der Waals surface area contributed by atoms with Crippen LogP contribution in [0.25, 0.3) is 0 Å². The summed E-state index contributed by atoms with van der Waals surface area (Å²) >= 11 is 0.636. The molecular formula is C10H9F3O2S. The minimum atomic E-state index is -4.33. The molecule has 2 nitrogen and oxygen atoms in total. The molecule has 0 saturated heterocycles. The highest BCUT2D eigenvalue weighted by Gasteiger charge is 2.50. The largest absolute Gasteiger partial charge is 0.481 e. The number of carboxylic acid groups (broad SMARTS) is 1. The fourth-order valence-corrected chi connectivity index (χ4v) is 2.59. The van der Waals surface area contributed by atoms with E-state index in [-0.39, 0.29) is 6.42 Å².